The van der Waals surface area contributed by atoms with E-state index in [9.17, 15) is 4.79 Å². The smallest absolute Gasteiger partial charge is 0.318 e. The summed E-state index contributed by atoms with van der Waals surface area (Å²) >= 11 is 0. The molecule has 2 rings (SSSR count). The van der Waals surface area contributed by atoms with Crippen molar-refractivity contribution in [3.63, 3.8) is 0 Å². The molecule has 0 bridgehead atoms. The van der Waals surface area contributed by atoms with Crippen LogP contribution in [0.15, 0.2) is 24.4 Å². The maximum absolute atomic E-state index is 12.6. The van der Waals surface area contributed by atoms with Gasteiger partial charge in [-0.15, -0.1) is 0 Å². The monoisotopic (exact) mass is 305 g/mol. The molecule has 0 aliphatic carbocycles. The molecule has 2 heterocycles. The summed E-state index contributed by atoms with van der Waals surface area (Å²) in [5.41, 5.74) is 0.907. The summed E-state index contributed by atoms with van der Waals surface area (Å²) in [6, 6.07) is 5.72. The Labute approximate surface area is 133 Å². The molecule has 1 aliphatic rings. The Bertz CT molecular complexity index is 462. The maximum Gasteiger partial charge on any atom is 0.318 e. The predicted molar refractivity (Wildman–Crippen MR) is 86.6 cm³/mol. The molecule has 1 aromatic rings. The average molecular weight is 305 g/mol. The highest BCUT2D eigenvalue weighted by Gasteiger charge is 2.27. The Hall–Kier alpha value is -1.62. The van der Waals surface area contributed by atoms with Crippen molar-refractivity contribution >= 4 is 6.03 Å². The number of ether oxygens (including phenoxy) is 1. The minimum atomic E-state index is -0.0684. The number of pyridine rings is 1. The molecule has 1 aromatic heterocycles. The van der Waals surface area contributed by atoms with Gasteiger partial charge in [0.2, 0.25) is 0 Å². The number of urea groups is 1. The highest BCUT2D eigenvalue weighted by atomic mass is 16.5. The first-order valence-corrected chi connectivity index (χ1v) is 8.19. The van der Waals surface area contributed by atoms with Crippen LogP contribution in [0.4, 0.5) is 4.79 Å². The molecule has 2 amide bonds. The van der Waals surface area contributed by atoms with Crippen LogP contribution in [-0.2, 0) is 4.74 Å². The highest BCUT2D eigenvalue weighted by Crippen LogP contribution is 2.20. The molecule has 0 spiro atoms. The Balaban J connectivity index is 1.99. The largest absolute Gasteiger partial charge is 0.375 e. The first-order valence-electron chi connectivity index (χ1n) is 8.19. The molecule has 2 atom stereocenters. The van der Waals surface area contributed by atoms with Gasteiger partial charge in [0.15, 0.2) is 0 Å². The van der Waals surface area contributed by atoms with E-state index in [4.69, 9.17) is 4.74 Å². The topological polar surface area (TPSA) is 54.5 Å². The minimum Gasteiger partial charge on any atom is -0.375 e. The van der Waals surface area contributed by atoms with Crippen LogP contribution in [0.25, 0.3) is 0 Å². The van der Waals surface area contributed by atoms with Crippen LogP contribution in [0.5, 0.6) is 0 Å². The van der Waals surface area contributed by atoms with E-state index >= 15 is 0 Å². The van der Waals surface area contributed by atoms with Gasteiger partial charge in [0.25, 0.3) is 0 Å². The van der Waals surface area contributed by atoms with Crippen molar-refractivity contribution in [2.75, 3.05) is 19.7 Å². The first-order chi connectivity index (χ1) is 10.6. The number of morpholine rings is 1. The van der Waals surface area contributed by atoms with Gasteiger partial charge in [-0.1, -0.05) is 33.3 Å². The van der Waals surface area contributed by atoms with E-state index in [1.165, 1.54) is 0 Å². The molecule has 1 N–H and O–H groups in total. The molecular weight excluding hydrogens is 278 g/mol. The molecule has 1 aliphatic heterocycles. The lowest BCUT2D eigenvalue weighted by molar-refractivity contribution is -0.0186. The second-order valence-corrected chi connectivity index (χ2v) is 6.15. The van der Waals surface area contributed by atoms with Crippen molar-refractivity contribution in [2.45, 2.75) is 45.8 Å². The van der Waals surface area contributed by atoms with Crippen LogP contribution in [0.1, 0.15) is 45.3 Å². The lowest BCUT2D eigenvalue weighted by Crippen LogP contribution is -2.50. The summed E-state index contributed by atoms with van der Waals surface area (Å²) in [7, 11) is 0. The zero-order chi connectivity index (χ0) is 15.9. The third-order valence-electron chi connectivity index (χ3n) is 3.99. The van der Waals surface area contributed by atoms with Gasteiger partial charge in [-0.3, -0.25) is 4.98 Å². The van der Waals surface area contributed by atoms with E-state index in [0.717, 1.165) is 18.5 Å². The van der Waals surface area contributed by atoms with Gasteiger partial charge >= 0.3 is 6.03 Å². The van der Waals surface area contributed by atoms with Gasteiger partial charge in [-0.05, 0) is 24.5 Å². The standard InChI is InChI=1S/C17H27N3O2/c1-4-7-14-12-20(10-11-22-14)17(21)19-16(13(2)3)15-8-5-6-9-18-15/h5-6,8-9,13-14,16H,4,7,10-12H2,1-3H3,(H,19,21)/t14-,16+/m0/s1. The number of carbonyl (C=O) groups is 1. The molecule has 0 unspecified atom stereocenters. The van der Waals surface area contributed by atoms with Gasteiger partial charge in [-0.25, -0.2) is 4.79 Å². The zero-order valence-electron chi connectivity index (χ0n) is 13.8. The van der Waals surface area contributed by atoms with Gasteiger partial charge in [-0.2, -0.15) is 0 Å². The van der Waals surface area contributed by atoms with Crippen molar-refractivity contribution in [1.82, 2.24) is 15.2 Å². The molecule has 0 saturated carbocycles. The summed E-state index contributed by atoms with van der Waals surface area (Å²) in [6.07, 6.45) is 4.00. The summed E-state index contributed by atoms with van der Waals surface area (Å²) in [4.78, 5) is 18.8. The van der Waals surface area contributed by atoms with Crippen LogP contribution >= 0.6 is 0 Å². The maximum atomic E-state index is 12.6. The number of rotatable bonds is 5. The molecule has 5 nitrogen and oxygen atoms in total. The van der Waals surface area contributed by atoms with Gasteiger partial charge in [0.05, 0.1) is 24.4 Å². The first kappa shape index (κ1) is 16.7. The molecule has 0 aromatic carbocycles. The van der Waals surface area contributed by atoms with E-state index in [-0.39, 0.29) is 24.1 Å². The summed E-state index contributed by atoms with van der Waals surface area (Å²) in [6.45, 7) is 8.27. The predicted octanol–water partition coefficient (Wildman–Crippen LogP) is 2.99. The fraction of sp³-hybridized carbons (Fsp3) is 0.647. The molecule has 22 heavy (non-hydrogen) atoms. The molecule has 0 radical (unpaired) electrons. The van der Waals surface area contributed by atoms with Crippen LogP contribution in [0.3, 0.4) is 0 Å². The zero-order valence-corrected chi connectivity index (χ0v) is 13.8. The second kappa shape index (κ2) is 8.13. The fourth-order valence-corrected chi connectivity index (χ4v) is 2.77. The van der Waals surface area contributed by atoms with Gasteiger partial charge < -0.3 is 15.0 Å². The third-order valence-corrected chi connectivity index (χ3v) is 3.99. The average Bonchev–Trinajstić information content (AvgIpc) is 2.53. The summed E-state index contributed by atoms with van der Waals surface area (Å²) < 4.78 is 5.70. The normalized spacial score (nSPS) is 20.0. The number of aromatic nitrogens is 1. The van der Waals surface area contributed by atoms with Crippen molar-refractivity contribution in [3.8, 4) is 0 Å². The number of amides is 2. The van der Waals surface area contributed by atoms with Crippen LogP contribution in [0, 0.1) is 5.92 Å². The summed E-state index contributed by atoms with van der Waals surface area (Å²) in [5.74, 6) is 0.284. The SMILES string of the molecule is CCC[C@H]1CN(C(=O)N[C@@H](c2ccccn2)C(C)C)CCO1. The number of carbonyl (C=O) groups excluding carboxylic acids is 1. The van der Waals surface area contributed by atoms with Crippen molar-refractivity contribution in [1.29, 1.82) is 0 Å². The van der Waals surface area contributed by atoms with E-state index in [0.29, 0.717) is 19.7 Å². The van der Waals surface area contributed by atoms with Crippen LogP contribution < -0.4 is 5.32 Å². The highest BCUT2D eigenvalue weighted by molar-refractivity contribution is 5.74. The van der Waals surface area contributed by atoms with Crippen LogP contribution in [0.2, 0.25) is 0 Å². The van der Waals surface area contributed by atoms with E-state index in [2.05, 4.69) is 31.1 Å². The fourth-order valence-electron chi connectivity index (χ4n) is 2.77. The lowest BCUT2D eigenvalue weighted by Gasteiger charge is -2.34. The molecule has 122 valence electrons. The molecule has 1 fully saturated rings. The van der Waals surface area contributed by atoms with Crippen LogP contribution in [-0.4, -0.2) is 41.7 Å². The van der Waals surface area contributed by atoms with Crippen molar-refractivity contribution < 1.29 is 9.53 Å². The van der Waals surface area contributed by atoms with E-state index in [1.807, 2.05) is 23.1 Å². The lowest BCUT2D eigenvalue weighted by atomic mass is 10.0. The number of nitrogens with zero attached hydrogens (tertiary/aromatic N) is 2. The molecular formula is C17H27N3O2. The summed E-state index contributed by atoms with van der Waals surface area (Å²) in [5, 5.41) is 3.13. The molecule has 5 heteroatoms. The Morgan fingerprint density at radius 2 is 2.32 bits per heavy atom. The van der Waals surface area contributed by atoms with Gasteiger partial charge in [0, 0.05) is 19.3 Å². The minimum absolute atomic E-state index is 0.0197. The Kier molecular flexibility index (Phi) is 6.19. The van der Waals surface area contributed by atoms with E-state index in [1.54, 1.807) is 6.20 Å². The number of hydrogen-bond donors (Lipinski definition) is 1. The van der Waals surface area contributed by atoms with Crippen molar-refractivity contribution in [2.24, 2.45) is 5.92 Å². The molecule has 1 saturated heterocycles. The van der Waals surface area contributed by atoms with Crippen molar-refractivity contribution in [3.05, 3.63) is 30.1 Å². The third kappa shape index (κ3) is 4.44. The quantitative estimate of drug-likeness (QED) is 0.910. The number of hydrogen-bond acceptors (Lipinski definition) is 3. The Morgan fingerprint density at radius 1 is 1.50 bits per heavy atom. The Morgan fingerprint density at radius 3 is 2.95 bits per heavy atom. The second-order valence-electron chi connectivity index (χ2n) is 6.15. The number of nitrogens with one attached hydrogen (secondary N) is 1. The van der Waals surface area contributed by atoms with Gasteiger partial charge in [0.1, 0.15) is 0 Å². The van der Waals surface area contributed by atoms with E-state index < -0.39 is 0 Å².